The predicted octanol–water partition coefficient (Wildman–Crippen LogP) is 3.10. The van der Waals surface area contributed by atoms with Gasteiger partial charge in [-0.2, -0.15) is 0 Å². The van der Waals surface area contributed by atoms with E-state index in [9.17, 15) is 4.79 Å². The summed E-state index contributed by atoms with van der Waals surface area (Å²) in [4.78, 5) is 18.2. The van der Waals surface area contributed by atoms with E-state index in [0.29, 0.717) is 18.9 Å². The van der Waals surface area contributed by atoms with Gasteiger partial charge in [0.05, 0.1) is 19.3 Å². The molecule has 0 aliphatic rings. The third-order valence-corrected chi connectivity index (χ3v) is 3.50. The van der Waals surface area contributed by atoms with Crippen molar-refractivity contribution in [3.05, 3.63) is 23.0 Å². The van der Waals surface area contributed by atoms with Crippen LogP contribution in [-0.2, 0) is 11.3 Å². The lowest BCUT2D eigenvalue weighted by molar-refractivity contribution is -0.130. The molecule has 0 aliphatic carbocycles. The van der Waals surface area contributed by atoms with Crippen molar-refractivity contribution in [1.82, 2.24) is 9.88 Å². The maximum Gasteiger partial charge on any atom is 0.222 e. The van der Waals surface area contributed by atoms with E-state index in [1.54, 1.807) is 18.2 Å². The molecule has 1 aromatic rings. The zero-order chi connectivity index (χ0) is 15.3. The molecule has 0 saturated carbocycles. The summed E-state index contributed by atoms with van der Waals surface area (Å²) < 4.78 is 5.39. The summed E-state index contributed by atoms with van der Waals surface area (Å²) in [6, 6.07) is 0. The normalized spacial score (nSPS) is 10.8. The molecule has 0 aliphatic heterocycles. The van der Waals surface area contributed by atoms with Crippen molar-refractivity contribution in [2.45, 2.75) is 47.1 Å². The van der Waals surface area contributed by atoms with Gasteiger partial charge in [-0.05, 0) is 26.2 Å². The highest BCUT2D eigenvalue weighted by Gasteiger charge is 2.14. The first-order chi connectivity index (χ1) is 9.36. The molecule has 20 heavy (non-hydrogen) atoms. The first-order valence-corrected chi connectivity index (χ1v) is 7.09. The molecule has 0 bridgehead atoms. The van der Waals surface area contributed by atoms with Crippen molar-refractivity contribution < 1.29 is 9.53 Å². The van der Waals surface area contributed by atoms with Crippen LogP contribution in [0.25, 0.3) is 0 Å². The van der Waals surface area contributed by atoms with Gasteiger partial charge in [-0.15, -0.1) is 0 Å². The fraction of sp³-hybridized carbons (Fsp3) is 0.625. The van der Waals surface area contributed by atoms with E-state index in [-0.39, 0.29) is 5.91 Å². The third kappa shape index (κ3) is 4.22. The largest absolute Gasteiger partial charge is 0.496 e. The van der Waals surface area contributed by atoms with E-state index < -0.39 is 0 Å². The van der Waals surface area contributed by atoms with Gasteiger partial charge in [0.15, 0.2) is 0 Å². The summed E-state index contributed by atoms with van der Waals surface area (Å²) in [5, 5.41) is 0. The summed E-state index contributed by atoms with van der Waals surface area (Å²) >= 11 is 0. The number of hydrogen-bond donors (Lipinski definition) is 0. The second-order valence-corrected chi connectivity index (χ2v) is 5.73. The van der Waals surface area contributed by atoms with Gasteiger partial charge in [0, 0.05) is 30.8 Å². The number of pyridine rings is 1. The number of rotatable bonds is 6. The number of carbonyl (C=O) groups is 1. The van der Waals surface area contributed by atoms with Crippen LogP contribution in [0, 0.1) is 19.8 Å². The van der Waals surface area contributed by atoms with Crippen molar-refractivity contribution in [1.29, 1.82) is 0 Å². The molecule has 0 aromatic carbocycles. The van der Waals surface area contributed by atoms with Crippen molar-refractivity contribution in [2.75, 3.05) is 14.2 Å². The van der Waals surface area contributed by atoms with Crippen LogP contribution in [0.1, 0.15) is 43.5 Å². The molecule has 0 saturated heterocycles. The fourth-order valence-electron chi connectivity index (χ4n) is 2.15. The number of methoxy groups -OCH3 is 1. The number of nitrogens with zero attached hydrogens (tertiary/aromatic N) is 2. The van der Waals surface area contributed by atoms with Crippen LogP contribution >= 0.6 is 0 Å². The Kier molecular flexibility index (Phi) is 5.99. The Morgan fingerprint density at radius 2 is 2.05 bits per heavy atom. The quantitative estimate of drug-likeness (QED) is 0.803. The molecule has 0 fully saturated rings. The molecule has 0 N–H and O–H groups in total. The number of hydrogen-bond acceptors (Lipinski definition) is 3. The van der Waals surface area contributed by atoms with Crippen molar-refractivity contribution in [3.8, 4) is 5.75 Å². The van der Waals surface area contributed by atoms with Crippen LogP contribution < -0.4 is 4.74 Å². The Morgan fingerprint density at radius 3 is 2.60 bits per heavy atom. The van der Waals surface area contributed by atoms with Crippen LogP contribution in [0.5, 0.6) is 5.75 Å². The Bertz CT molecular complexity index is 470. The second-order valence-electron chi connectivity index (χ2n) is 5.73. The smallest absolute Gasteiger partial charge is 0.222 e. The first kappa shape index (κ1) is 16.5. The van der Waals surface area contributed by atoms with Crippen LogP contribution in [0.15, 0.2) is 6.20 Å². The molecule has 1 heterocycles. The minimum Gasteiger partial charge on any atom is -0.496 e. The number of aryl methyl sites for hydroxylation is 1. The number of aromatic nitrogens is 1. The molecule has 4 nitrogen and oxygen atoms in total. The maximum atomic E-state index is 12.1. The first-order valence-electron chi connectivity index (χ1n) is 7.09. The minimum absolute atomic E-state index is 0.166. The van der Waals surface area contributed by atoms with Crippen LogP contribution in [0.3, 0.4) is 0 Å². The van der Waals surface area contributed by atoms with E-state index in [4.69, 9.17) is 4.74 Å². The monoisotopic (exact) mass is 278 g/mol. The van der Waals surface area contributed by atoms with Crippen molar-refractivity contribution in [3.63, 3.8) is 0 Å². The summed E-state index contributed by atoms with van der Waals surface area (Å²) in [5.74, 6) is 1.57. The highest BCUT2D eigenvalue weighted by Crippen LogP contribution is 2.24. The van der Waals surface area contributed by atoms with Crippen molar-refractivity contribution >= 4 is 5.91 Å². The molecule has 112 valence electrons. The summed E-state index contributed by atoms with van der Waals surface area (Å²) in [6.45, 7) is 8.74. The molecular formula is C16H26N2O2. The molecule has 4 heteroatoms. The summed E-state index contributed by atoms with van der Waals surface area (Å²) in [6.07, 6.45) is 3.32. The van der Waals surface area contributed by atoms with Gasteiger partial charge < -0.3 is 9.64 Å². The number of ether oxygens (including phenoxy) is 1. The lowest BCUT2D eigenvalue weighted by Gasteiger charge is -2.20. The Morgan fingerprint density at radius 1 is 1.40 bits per heavy atom. The van der Waals surface area contributed by atoms with Gasteiger partial charge in [0.1, 0.15) is 5.75 Å². The lowest BCUT2D eigenvalue weighted by Crippen LogP contribution is -2.27. The van der Waals surface area contributed by atoms with Crippen LogP contribution in [0.2, 0.25) is 0 Å². The van der Waals surface area contributed by atoms with Gasteiger partial charge in [-0.3, -0.25) is 9.78 Å². The summed E-state index contributed by atoms with van der Waals surface area (Å²) in [7, 11) is 3.49. The molecule has 0 radical (unpaired) electrons. The Hall–Kier alpha value is -1.58. The zero-order valence-electron chi connectivity index (χ0n) is 13.5. The van der Waals surface area contributed by atoms with Gasteiger partial charge >= 0.3 is 0 Å². The van der Waals surface area contributed by atoms with Gasteiger partial charge in [-0.25, -0.2) is 0 Å². The SMILES string of the molecule is COc1c(C)cnc(CN(C)C(=O)CCC(C)C)c1C. The molecule has 1 aromatic heterocycles. The van der Waals surface area contributed by atoms with Crippen LogP contribution in [-0.4, -0.2) is 29.9 Å². The molecule has 0 atom stereocenters. The lowest BCUT2D eigenvalue weighted by atomic mass is 10.1. The maximum absolute atomic E-state index is 12.1. The fourth-order valence-corrected chi connectivity index (χ4v) is 2.15. The topological polar surface area (TPSA) is 42.4 Å². The number of amides is 1. The molecule has 1 amide bonds. The third-order valence-electron chi connectivity index (χ3n) is 3.50. The second kappa shape index (κ2) is 7.27. The van der Waals surface area contributed by atoms with E-state index >= 15 is 0 Å². The highest BCUT2D eigenvalue weighted by molar-refractivity contribution is 5.75. The highest BCUT2D eigenvalue weighted by atomic mass is 16.5. The van der Waals surface area contributed by atoms with E-state index in [1.807, 2.05) is 20.9 Å². The minimum atomic E-state index is 0.166. The Balaban J connectivity index is 2.75. The van der Waals surface area contributed by atoms with Gasteiger partial charge in [0.2, 0.25) is 5.91 Å². The molecular weight excluding hydrogens is 252 g/mol. The predicted molar refractivity (Wildman–Crippen MR) is 80.8 cm³/mol. The van der Waals surface area contributed by atoms with E-state index in [0.717, 1.165) is 29.0 Å². The van der Waals surface area contributed by atoms with E-state index in [1.165, 1.54) is 0 Å². The molecule has 0 spiro atoms. The summed E-state index contributed by atoms with van der Waals surface area (Å²) in [5.41, 5.74) is 2.92. The zero-order valence-corrected chi connectivity index (χ0v) is 13.5. The molecule has 1 rings (SSSR count). The average Bonchev–Trinajstić information content (AvgIpc) is 2.39. The molecule has 0 unspecified atom stereocenters. The standard InChI is InChI=1S/C16H26N2O2/c1-11(2)7-8-15(19)18(5)10-14-13(4)16(20-6)12(3)9-17-14/h9,11H,7-8,10H2,1-6H3. The van der Waals surface area contributed by atoms with Gasteiger partial charge in [0.25, 0.3) is 0 Å². The van der Waals surface area contributed by atoms with Crippen molar-refractivity contribution in [2.24, 2.45) is 5.92 Å². The van der Waals surface area contributed by atoms with Crippen LogP contribution in [0.4, 0.5) is 0 Å². The Labute approximate surface area is 122 Å². The van der Waals surface area contributed by atoms with E-state index in [2.05, 4.69) is 18.8 Å². The average molecular weight is 278 g/mol. The number of carbonyl (C=O) groups excluding carboxylic acids is 1. The van der Waals surface area contributed by atoms with Gasteiger partial charge in [-0.1, -0.05) is 13.8 Å².